The van der Waals surface area contributed by atoms with Crippen molar-refractivity contribution in [2.75, 3.05) is 11.3 Å². The summed E-state index contributed by atoms with van der Waals surface area (Å²) in [7, 11) is -3.55. The molecule has 0 spiro atoms. The Morgan fingerprint density at radius 3 is 2.71 bits per heavy atom. The fourth-order valence-corrected chi connectivity index (χ4v) is 4.66. The number of rotatable bonds is 7. The predicted octanol–water partition coefficient (Wildman–Crippen LogP) is 2.30. The number of thiophene rings is 1. The van der Waals surface area contributed by atoms with E-state index >= 15 is 0 Å². The maximum atomic E-state index is 11.8. The zero-order valence-electron chi connectivity index (χ0n) is 11.8. The van der Waals surface area contributed by atoms with E-state index in [2.05, 4.69) is 14.4 Å². The highest BCUT2D eigenvalue weighted by Gasteiger charge is 2.16. The van der Waals surface area contributed by atoms with Crippen LogP contribution in [0.2, 0.25) is 0 Å². The lowest BCUT2D eigenvalue weighted by molar-refractivity contribution is 0.586. The maximum Gasteiger partial charge on any atom is 0.300 e. The lowest BCUT2D eigenvalue weighted by atomic mass is 10.3. The van der Waals surface area contributed by atoms with Gasteiger partial charge in [0.15, 0.2) is 5.13 Å². The molecule has 2 aromatic rings. The number of nitrogens with one attached hydrogen (secondary N) is 2. The molecule has 0 saturated carbocycles. The Kier molecular flexibility index (Phi) is 5.33. The molecule has 116 valence electrons. The van der Waals surface area contributed by atoms with Crippen molar-refractivity contribution < 1.29 is 8.42 Å². The van der Waals surface area contributed by atoms with Gasteiger partial charge in [0.2, 0.25) is 0 Å². The van der Waals surface area contributed by atoms with E-state index in [9.17, 15) is 8.42 Å². The third-order valence-electron chi connectivity index (χ3n) is 2.66. The van der Waals surface area contributed by atoms with E-state index in [0.29, 0.717) is 18.2 Å². The molecule has 9 heteroatoms. The Bertz CT molecular complexity index is 706. The van der Waals surface area contributed by atoms with Crippen molar-refractivity contribution in [1.29, 1.82) is 0 Å². The SMILES string of the molecule is CCCNS(=O)(=O)Nc1nc(-c2ccc(CN)s2)c(C)s1. The second-order valence-corrected chi connectivity index (χ2v) is 8.26. The van der Waals surface area contributed by atoms with Crippen LogP contribution in [0, 0.1) is 6.92 Å². The van der Waals surface area contributed by atoms with E-state index in [1.54, 1.807) is 11.3 Å². The topological polar surface area (TPSA) is 97.1 Å². The fourth-order valence-electron chi connectivity index (χ4n) is 1.67. The molecule has 0 aliphatic carbocycles. The van der Waals surface area contributed by atoms with Crippen molar-refractivity contribution >= 4 is 38.0 Å². The molecule has 0 atom stereocenters. The van der Waals surface area contributed by atoms with Crippen LogP contribution in [0.5, 0.6) is 0 Å². The highest BCUT2D eigenvalue weighted by atomic mass is 32.2. The highest BCUT2D eigenvalue weighted by molar-refractivity contribution is 7.91. The van der Waals surface area contributed by atoms with Gasteiger partial charge in [0, 0.05) is 22.8 Å². The Labute approximate surface area is 132 Å². The normalized spacial score (nSPS) is 11.8. The lowest BCUT2D eigenvalue weighted by Crippen LogP contribution is -2.30. The first kappa shape index (κ1) is 16.4. The summed E-state index contributed by atoms with van der Waals surface area (Å²) in [6.45, 7) is 4.72. The molecule has 0 amide bonds. The van der Waals surface area contributed by atoms with Crippen molar-refractivity contribution in [3.05, 3.63) is 21.9 Å². The van der Waals surface area contributed by atoms with Crippen LogP contribution >= 0.6 is 22.7 Å². The predicted molar refractivity (Wildman–Crippen MR) is 88.9 cm³/mol. The Balaban J connectivity index is 2.19. The van der Waals surface area contributed by atoms with Gasteiger partial charge < -0.3 is 5.73 Å². The molecule has 0 fully saturated rings. The average Bonchev–Trinajstić information content (AvgIpc) is 3.02. The zero-order chi connectivity index (χ0) is 15.5. The van der Waals surface area contributed by atoms with Crippen LogP contribution in [0.4, 0.5) is 5.13 Å². The number of nitrogens with two attached hydrogens (primary N) is 1. The standard InChI is InChI=1S/C12H18N4O2S3/c1-3-6-14-21(17,18)16-12-15-11(8(2)19-12)10-5-4-9(7-13)20-10/h4-5,14H,3,6-7,13H2,1-2H3,(H,15,16). The summed E-state index contributed by atoms with van der Waals surface area (Å²) in [5.41, 5.74) is 6.41. The second-order valence-electron chi connectivity index (χ2n) is 4.39. The van der Waals surface area contributed by atoms with Crippen LogP contribution in [-0.4, -0.2) is 19.9 Å². The Morgan fingerprint density at radius 1 is 1.33 bits per heavy atom. The molecule has 6 nitrogen and oxygen atoms in total. The van der Waals surface area contributed by atoms with E-state index in [0.717, 1.165) is 26.7 Å². The number of aromatic nitrogens is 1. The monoisotopic (exact) mass is 346 g/mol. The minimum atomic E-state index is -3.55. The van der Waals surface area contributed by atoms with E-state index < -0.39 is 10.2 Å². The summed E-state index contributed by atoms with van der Waals surface area (Å²) in [6, 6.07) is 3.92. The number of hydrogen-bond acceptors (Lipinski definition) is 6. The van der Waals surface area contributed by atoms with Crippen LogP contribution < -0.4 is 15.2 Å². The minimum Gasteiger partial charge on any atom is -0.326 e. The van der Waals surface area contributed by atoms with E-state index in [1.165, 1.54) is 11.3 Å². The number of nitrogens with zero attached hydrogens (tertiary/aromatic N) is 1. The molecular formula is C12H18N4O2S3. The van der Waals surface area contributed by atoms with Crippen molar-refractivity contribution in [2.24, 2.45) is 5.73 Å². The smallest absolute Gasteiger partial charge is 0.300 e. The van der Waals surface area contributed by atoms with Gasteiger partial charge in [-0.2, -0.15) is 13.1 Å². The molecule has 4 N–H and O–H groups in total. The molecule has 0 aromatic carbocycles. The molecule has 0 aliphatic heterocycles. The molecule has 0 bridgehead atoms. The number of hydrogen-bond donors (Lipinski definition) is 3. The van der Waals surface area contributed by atoms with Gasteiger partial charge in [-0.1, -0.05) is 6.92 Å². The van der Waals surface area contributed by atoms with Gasteiger partial charge in [-0.3, -0.25) is 0 Å². The third kappa shape index (κ3) is 4.24. The molecule has 0 saturated heterocycles. The number of aryl methyl sites for hydroxylation is 1. The highest BCUT2D eigenvalue weighted by Crippen LogP contribution is 2.34. The molecule has 21 heavy (non-hydrogen) atoms. The van der Waals surface area contributed by atoms with Gasteiger partial charge >= 0.3 is 10.2 Å². The largest absolute Gasteiger partial charge is 0.326 e. The first-order valence-electron chi connectivity index (χ1n) is 6.49. The summed E-state index contributed by atoms with van der Waals surface area (Å²) in [6.07, 6.45) is 0.736. The second kappa shape index (κ2) is 6.84. The van der Waals surface area contributed by atoms with Crippen LogP contribution in [0.25, 0.3) is 10.6 Å². The van der Waals surface area contributed by atoms with Gasteiger partial charge in [0.25, 0.3) is 0 Å². The first-order valence-corrected chi connectivity index (χ1v) is 9.60. The average molecular weight is 347 g/mol. The molecule has 2 heterocycles. The van der Waals surface area contributed by atoms with E-state index in [1.807, 2.05) is 26.0 Å². The summed E-state index contributed by atoms with van der Waals surface area (Å²) in [4.78, 5) is 7.41. The van der Waals surface area contributed by atoms with Crippen molar-refractivity contribution in [2.45, 2.75) is 26.8 Å². The Hall–Kier alpha value is -1.00. The summed E-state index contributed by atoms with van der Waals surface area (Å²) >= 11 is 2.89. The first-order chi connectivity index (χ1) is 9.95. The van der Waals surface area contributed by atoms with Crippen molar-refractivity contribution in [3.8, 4) is 10.6 Å². The molecule has 0 radical (unpaired) electrons. The molecule has 2 rings (SSSR count). The van der Waals surface area contributed by atoms with Crippen LogP contribution in [0.15, 0.2) is 12.1 Å². The van der Waals surface area contributed by atoms with Gasteiger partial charge in [0.05, 0.1) is 10.6 Å². The number of anilines is 1. The third-order valence-corrected chi connectivity index (χ3v) is 5.83. The van der Waals surface area contributed by atoms with Gasteiger partial charge in [0.1, 0.15) is 0 Å². The molecule has 2 aromatic heterocycles. The van der Waals surface area contributed by atoms with Gasteiger partial charge in [-0.25, -0.2) is 9.71 Å². The van der Waals surface area contributed by atoms with Gasteiger partial charge in [-0.05, 0) is 25.5 Å². The summed E-state index contributed by atoms with van der Waals surface area (Å²) in [5, 5.41) is 0.369. The van der Waals surface area contributed by atoms with Crippen molar-refractivity contribution in [3.63, 3.8) is 0 Å². The number of thiazole rings is 1. The quantitative estimate of drug-likeness (QED) is 0.716. The van der Waals surface area contributed by atoms with Crippen LogP contribution in [0.1, 0.15) is 23.1 Å². The molecule has 0 unspecified atom stereocenters. The van der Waals surface area contributed by atoms with Gasteiger partial charge in [-0.15, -0.1) is 22.7 Å². The molecule has 0 aliphatic rings. The minimum absolute atomic E-state index is 0.369. The zero-order valence-corrected chi connectivity index (χ0v) is 14.3. The summed E-state index contributed by atoms with van der Waals surface area (Å²) in [5.74, 6) is 0. The lowest BCUT2D eigenvalue weighted by Gasteiger charge is -2.04. The van der Waals surface area contributed by atoms with E-state index in [4.69, 9.17) is 5.73 Å². The Morgan fingerprint density at radius 2 is 2.10 bits per heavy atom. The van der Waals surface area contributed by atoms with E-state index in [-0.39, 0.29) is 0 Å². The maximum absolute atomic E-state index is 11.8. The fraction of sp³-hybridized carbons (Fsp3) is 0.417. The summed E-state index contributed by atoms with van der Waals surface area (Å²) < 4.78 is 28.5. The van der Waals surface area contributed by atoms with Crippen LogP contribution in [-0.2, 0) is 16.8 Å². The van der Waals surface area contributed by atoms with Crippen molar-refractivity contribution in [1.82, 2.24) is 9.71 Å². The van der Waals surface area contributed by atoms with Crippen LogP contribution in [0.3, 0.4) is 0 Å². The molecular weight excluding hydrogens is 328 g/mol.